The summed E-state index contributed by atoms with van der Waals surface area (Å²) in [5.41, 5.74) is 4.11. The molecule has 7 nitrogen and oxygen atoms in total. The molecule has 1 aliphatic rings. The minimum atomic E-state index is -1.19. The third-order valence-electron chi connectivity index (χ3n) is 8.35. The number of thiol groups is 1. The summed E-state index contributed by atoms with van der Waals surface area (Å²) in [7, 11) is 1.44. The van der Waals surface area contributed by atoms with Gasteiger partial charge in [-0.25, -0.2) is 4.79 Å². The number of halogens is 2. The molecular weight excluding hydrogens is 641 g/mol. The molecule has 0 spiro atoms. The van der Waals surface area contributed by atoms with Crippen LogP contribution in [0.25, 0.3) is 0 Å². The lowest BCUT2D eigenvalue weighted by Gasteiger charge is -2.34. The molecule has 1 saturated heterocycles. The molecule has 240 valence electrons. The molecule has 1 fully saturated rings. The Labute approximate surface area is 285 Å². The molecule has 1 heterocycles. The summed E-state index contributed by atoms with van der Waals surface area (Å²) in [5.74, 6) is -0.943. The van der Waals surface area contributed by atoms with Crippen LogP contribution in [-0.2, 0) is 16.0 Å². The van der Waals surface area contributed by atoms with Gasteiger partial charge in [0.25, 0.3) is 0 Å². The number of nitrogens with one attached hydrogen (secondary N) is 2. The lowest BCUT2D eigenvalue weighted by atomic mass is 9.84. The largest absolute Gasteiger partial charge is 0.465 e. The number of carbonyl (C=O) groups excluding carboxylic acids is 1. The van der Waals surface area contributed by atoms with Crippen LogP contribution in [-0.4, -0.2) is 60.4 Å². The Kier molecular flexibility index (Phi) is 11.7. The van der Waals surface area contributed by atoms with E-state index in [1.807, 2.05) is 91.0 Å². The number of carboxylic acid groups (broad SMARTS) is 1. The number of ether oxygens (including phenoxy) is 1. The molecule has 1 aliphatic heterocycles. The first-order valence-electron chi connectivity index (χ1n) is 15.2. The molecule has 5 rings (SSSR count). The van der Waals surface area contributed by atoms with Crippen molar-refractivity contribution in [2.45, 2.75) is 42.3 Å². The zero-order valence-corrected chi connectivity index (χ0v) is 27.8. The highest BCUT2D eigenvalue weighted by Gasteiger charge is 2.37. The number of likely N-dealkylation sites (N-methyl/N-ethyl adjacent to an activating group) is 1. The van der Waals surface area contributed by atoms with Crippen molar-refractivity contribution in [1.29, 1.82) is 0 Å². The van der Waals surface area contributed by atoms with Crippen molar-refractivity contribution in [2.75, 3.05) is 25.5 Å². The average molecular weight is 679 g/mol. The SMILES string of the molecule is CN(C(=O)O)[C@H](C(=O)Nc1ccccc1CC[C@@H]1CNC[C@@H](C(S)c2ccc(Cl)cc2Cl)O1)C(c1ccccc1)c1ccccc1. The molecular formula is C36H37Cl2N3O4S. The number of morpholine rings is 1. The van der Waals surface area contributed by atoms with E-state index < -0.39 is 24.0 Å². The van der Waals surface area contributed by atoms with E-state index in [0.29, 0.717) is 41.7 Å². The first kappa shape index (κ1) is 33.8. The number of para-hydroxylation sites is 1. The topological polar surface area (TPSA) is 90.9 Å². The lowest BCUT2D eigenvalue weighted by molar-refractivity contribution is -0.120. The first-order valence-corrected chi connectivity index (χ1v) is 16.4. The second-order valence-electron chi connectivity index (χ2n) is 11.4. The summed E-state index contributed by atoms with van der Waals surface area (Å²) >= 11 is 17.4. The Morgan fingerprint density at radius 3 is 2.22 bits per heavy atom. The summed E-state index contributed by atoms with van der Waals surface area (Å²) < 4.78 is 6.47. The highest BCUT2D eigenvalue weighted by Crippen LogP contribution is 2.35. The highest BCUT2D eigenvalue weighted by atomic mass is 35.5. The Balaban J connectivity index is 1.33. The van der Waals surface area contributed by atoms with Gasteiger partial charge in [-0.15, -0.1) is 0 Å². The quantitative estimate of drug-likeness (QED) is 0.122. The fraction of sp³-hybridized carbons (Fsp3) is 0.278. The third-order valence-corrected chi connectivity index (χ3v) is 9.52. The van der Waals surface area contributed by atoms with E-state index in [1.165, 1.54) is 7.05 Å². The summed E-state index contributed by atoms with van der Waals surface area (Å²) in [4.78, 5) is 27.5. The number of benzene rings is 4. The molecule has 2 amide bonds. The van der Waals surface area contributed by atoms with Crippen LogP contribution in [0.5, 0.6) is 0 Å². The zero-order valence-electron chi connectivity index (χ0n) is 25.4. The Morgan fingerprint density at radius 1 is 0.957 bits per heavy atom. The normalized spacial score (nSPS) is 17.7. The second-order valence-corrected chi connectivity index (χ2v) is 12.8. The van der Waals surface area contributed by atoms with E-state index in [1.54, 1.807) is 12.1 Å². The molecule has 10 heteroatoms. The molecule has 4 atom stereocenters. The van der Waals surface area contributed by atoms with Crippen LogP contribution >= 0.6 is 35.8 Å². The molecule has 0 bridgehead atoms. The zero-order chi connectivity index (χ0) is 32.6. The van der Waals surface area contributed by atoms with Gasteiger partial charge in [-0.05, 0) is 53.3 Å². The van der Waals surface area contributed by atoms with Gasteiger partial charge in [0, 0.05) is 41.8 Å². The van der Waals surface area contributed by atoms with Crippen molar-refractivity contribution < 1.29 is 19.4 Å². The van der Waals surface area contributed by atoms with Crippen molar-refractivity contribution in [1.82, 2.24) is 10.2 Å². The van der Waals surface area contributed by atoms with Crippen LogP contribution in [0.15, 0.2) is 103 Å². The van der Waals surface area contributed by atoms with Gasteiger partial charge in [0.1, 0.15) is 6.04 Å². The summed E-state index contributed by atoms with van der Waals surface area (Å²) in [6, 6.07) is 31.0. The van der Waals surface area contributed by atoms with Gasteiger partial charge >= 0.3 is 6.09 Å². The van der Waals surface area contributed by atoms with Crippen molar-refractivity contribution in [3.63, 3.8) is 0 Å². The molecule has 3 N–H and O–H groups in total. The number of aryl methyl sites for hydroxylation is 1. The Hall–Kier alpha value is -3.53. The fourth-order valence-electron chi connectivity index (χ4n) is 5.96. The number of carbonyl (C=O) groups is 2. The number of nitrogens with zero attached hydrogens (tertiary/aromatic N) is 1. The maximum atomic E-state index is 14.1. The molecule has 0 aliphatic carbocycles. The standard InChI is InChI=1S/C36H37Cl2N3O4S/c1-41(36(43)44)33(32(24-11-4-2-5-12-24)25-13-6-3-7-14-25)35(42)40-30-15-9-8-10-23(30)16-18-27-21-39-22-31(45-27)34(46)28-19-17-26(37)20-29(28)38/h2-15,17,19-20,27,31-34,39,46H,16,18,21-22H2,1H3,(H,40,42)(H,43,44)/t27-,31+,33+,34?/m1/s1. The number of hydrogen-bond acceptors (Lipinski definition) is 5. The lowest BCUT2D eigenvalue weighted by Crippen LogP contribution is -2.48. The predicted octanol–water partition coefficient (Wildman–Crippen LogP) is 7.70. The van der Waals surface area contributed by atoms with Crippen LogP contribution in [0.3, 0.4) is 0 Å². The summed E-state index contributed by atoms with van der Waals surface area (Å²) in [6.45, 7) is 1.32. The van der Waals surface area contributed by atoms with Crippen LogP contribution in [0, 0.1) is 0 Å². The number of rotatable bonds is 11. The van der Waals surface area contributed by atoms with Gasteiger partial charge in [-0.3, -0.25) is 9.69 Å². The molecule has 0 saturated carbocycles. The fourth-order valence-corrected chi connectivity index (χ4v) is 6.96. The van der Waals surface area contributed by atoms with E-state index >= 15 is 0 Å². The van der Waals surface area contributed by atoms with E-state index in [4.69, 9.17) is 40.6 Å². The van der Waals surface area contributed by atoms with Gasteiger partial charge < -0.3 is 20.5 Å². The highest BCUT2D eigenvalue weighted by molar-refractivity contribution is 7.80. The molecule has 4 aromatic carbocycles. The van der Waals surface area contributed by atoms with E-state index in [2.05, 4.69) is 10.6 Å². The monoisotopic (exact) mass is 677 g/mol. The van der Waals surface area contributed by atoms with Gasteiger partial charge in [0.2, 0.25) is 5.91 Å². The van der Waals surface area contributed by atoms with Gasteiger partial charge in [-0.2, -0.15) is 12.6 Å². The smallest absolute Gasteiger partial charge is 0.407 e. The van der Waals surface area contributed by atoms with Crippen LogP contribution in [0.1, 0.15) is 39.8 Å². The molecule has 46 heavy (non-hydrogen) atoms. The van der Waals surface area contributed by atoms with E-state index in [9.17, 15) is 14.7 Å². The Morgan fingerprint density at radius 2 is 1.59 bits per heavy atom. The summed E-state index contributed by atoms with van der Waals surface area (Å²) in [6.07, 6.45) is -0.149. The van der Waals surface area contributed by atoms with Gasteiger partial charge in [-0.1, -0.05) is 108 Å². The molecule has 1 unspecified atom stereocenters. The Bertz CT molecular complexity index is 1590. The maximum absolute atomic E-state index is 14.1. The van der Waals surface area contributed by atoms with Crippen molar-refractivity contribution >= 4 is 53.5 Å². The number of amides is 2. The van der Waals surface area contributed by atoms with E-state index in [0.717, 1.165) is 27.2 Å². The van der Waals surface area contributed by atoms with Gasteiger partial charge in [0.05, 0.1) is 17.5 Å². The van der Waals surface area contributed by atoms with Crippen molar-refractivity contribution in [3.8, 4) is 0 Å². The van der Waals surface area contributed by atoms with Crippen LogP contribution < -0.4 is 10.6 Å². The van der Waals surface area contributed by atoms with Crippen molar-refractivity contribution in [3.05, 3.63) is 135 Å². The first-order chi connectivity index (χ1) is 22.2. The minimum absolute atomic E-state index is 0.0883. The second kappa shape index (κ2) is 15.8. The van der Waals surface area contributed by atoms with Crippen molar-refractivity contribution in [2.24, 2.45) is 0 Å². The van der Waals surface area contributed by atoms with Gasteiger partial charge in [0.15, 0.2) is 0 Å². The maximum Gasteiger partial charge on any atom is 0.407 e. The van der Waals surface area contributed by atoms with E-state index in [-0.39, 0.29) is 17.5 Å². The number of anilines is 1. The van der Waals surface area contributed by atoms with Crippen LogP contribution in [0.2, 0.25) is 10.0 Å². The number of hydrogen-bond donors (Lipinski definition) is 4. The predicted molar refractivity (Wildman–Crippen MR) is 187 cm³/mol. The molecule has 0 aromatic heterocycles. The molecule has 0 radical (unpaired) electrons. The van der Waals surface area contributed by atoms with Crippen LogP contribution in [0.4, 0.5) is 10.5 Å². The average Bonchev–Trinajstić information content (AvgIpc) is 3.07. The molecule has 4 aromatic rings. The third kappa shape index (κ3) is 8.24. The minimum Gasteiger partial charge on any atom is -0.465 e. The summed E-state index contributed by atoms with van der Waals surface area (Å²) in [5, 5.41) is 17.5.